The number of rotatable bonds is 0. The molecular formula is C5Cl6O. The van der Waals surface area contributed by atoms with Crippen LogP contribution >= 0.6 is 69.6 Å². The summed E-state index contributed by atoms with van der Waals surface area (Å²) in [4.78, 5) is 11.2. The zero-order chi connectivity index (χ0) is 9.73. The maximum atomic E-state index is 11.2. The molecule has 1 aliphatic rings. The van der Waals surface area contributed by atoms with Crippen molar-refractivity contribution >= 4 is 75.4 Å². The number of allylic oxidation sites excluding steroid dienone is 2. The largest absolute Gasteiger partial charge is 0.292 e. The van der Waals surface area contributed by atoms with Gasteiger partial charge >= 0.3 is 0 Å². The summed E-state index contributed by atoms with van der Waals surface area (Å²) in [5.41, 5.74) is 0. The van der Waals surface area contributed by atoms with E-state index in [1.54, 1.807) is 0 Å². The minimum absolute atomic E-state index is 0.248. The van der Waals surface area contributed by atoms with E-state index in [-0.39, 0.29) is 10.1 Å². The highest BCUT2D eigenvalue weighted by Crippen LogP contribution is 2.54. The third-order valence-corrected chi connectivity index (χ3v) is 4.19. The van der Waals surface area contributed by atoms with Crippen LogP contribution in [0.15, 0.2) is 10.1 Å². The number of Topliss-reactive ketones (excluding diaryl/α,β-unsaturated/α-hetero) is 1. The summed E-state index contributed by atoms with van der Waals surface area (Å²) >= 11 is 33.1. The van der Waals surface area contributed by atoms with Crippen LogP contribution in [0.4, 0.5) is 0 Å². The molecule has 0 aromatic rings. The molecule has 12 heavy (non-hydrogen) atoms. The number of hydrogen-bond acceptors (Lipinski definition) is 1. The maximum absolute atomic E-state index is 11.2. The van der Waals surface area contributed by atoms with Gasteiger partial charge in [0, 0.05) is 0 Å². The van der Waals surface area contributed by atoms with Gasteiger partial charge in [-0.1, -0.05) is 69.6 Å². The topological polar surface area (TPSA) is 17.1 Å². The third kappa shape index (κ3) is 1.35. The number of carbonyl (C=O) groups is 1. The highest BCUT2D eigenvalue weighted by molar-refractivity contribution is 6.78. The van der Waals surface area contributed by atoms with Gasteiger partial charge in [0.1, 0.15) is 0 Å². The van der Waals surface area contributed by atoms with Crippen molar-refractivity contribution in [2.24, 2.45) is 0 Å². The minimum atomic E-state index is -1.93. The molecule has 0 fully saturated rings. The van der Waals surface area contributed by atoms with Crippen LogP contribution in [0.2, 0.25) is 0 Å². The lowest BCUT2D eigenvalue weighted by Crippen LogP contribution is -2.32. The van der Waals surface area contributed by atoms with Crippen molar-refractivity contribution < 1.29 is 4.79 Å². The predicted molar refractivity (Wildman–Crippen MR) is 52.6 cm³/mol. The van der Waals surface area contributed by atoms with Crippen molar-refractivity contribution in [2.45, 2.75) is 8.67 Å². The number of ketones is 1. The highest BCUT2D eigenvalue weighted by Gasteiger charge is 2.59. The Morgan fingerprint density at radius 2 is 1.08 bits per heavy atom. The zero-order valence-corrected chi connectivity index (χ0v) is 9.71. The molecule has 7 heteroatoms. The van der Waals surface area contributed by atoms with E-state index in [0.29, 0.717) is 0 Å². The Morgan fingerprint density at radius 1 is 0.833 bits per heavy atom. The smallest absolute Gasteiger partial charge is 0.215 e. The molecule has 0 amide bonds. The first-order valence-corrected chi connectivity index (χ1v) is 4.86. The molecule has 0 aromatic carbocycles. The maximum Gasteiger partial charge on any atom is 0.215 e. The van der Waals surface area contributed by atoms with Crippen LogP contribution < -0.4 is 0 Å². The van der Waals surface area contributed by atoms with Gasteiger partial charge in [-0.25, -0.2) is 0 Å². The molecule has 1 nitrogen and oxygen atoms in total. The molecule has 0 unspecified atom stereocenters. The number of hydrogen-bond donors (Lipinski definition) is 0. The molecule has 0 bridgehead atoms. The second kappa shape index (κ2) is 3.08. The lowest BCUT2D eigenvalue weighted by atomic mass is 10.3. The summed E-state index contributed by atoms with van der Waals surface area (Å²) in [7, 11) is 0. The molecule has 0 aliphatic heterocycles. The Labute approximate surface area is 98.5 Å². The lowest BCUT2D eigenvalue weighted by Gasteiger charge is -2.13. The Hall–Kier alpha value is 1.15. The number of carbonyl (C=O) groups excluding carboxylic acids is 1. The fourth-order valence-corrected chi connectivity index (χ4v) is 2.46. The van der Waals surface area contributed by atoms with E-state index in [1.165, 1.54) is 0 Å². The van der Waals surface area contributed by atoms with E-state index < -0.39 is 14.4 Å². The van der Waals surface area contributed by atoms with Crippen molar-refractivity contribution in [1.29, 1.82) is 0 Å². The molecule has 0 saturated carbocycles. The third-order valence-electron chi connectivity index (χ3n) is 1.31. The Balaban J connectivity index is 3.31. The summed E-state index contributed by atoms with van der Waals surface area (Å²) < 4.78 is -3.86. The van der Waals surface area contributed by atoms with Crippen LogP contribution in [-0.4, -0.2) is 14.4 Å². The quantitative estimate of drug-likeness (QED) is 0.623. The monoisotopic (exact) mass is 286 g/mol. The van der Waals surface area contributed by atoms with Crippen LogP contribution in [-0.2, 0) is 4.79 Å². The van der Waals surface area contributed by atoms with Crippen LogP contribution in [0, 0.1) is 0 Å². The molecule has 0 atom stereocenters. The van der Waals surface area contributed by atoms with Gasteiger partial charge in [0.25, 0.3) is 0 Å². The minimum Gasteiger partial charge on any atom is -0.292 e. The molecule has 68 valence electrons. The van der Waals surface area contributed by atoms with Crippen LogP contribution in [0.1, 0.15) is 0 Å². The van der Waals surface area contributed by atoms with Crippen molar-refractivity contribution in [1.82, 2.24) is 0 Å². The number of alkyl halides is 4. The highest BCUT2D eigenvalue weighted by atomic mass is 35.5. The van der Waals surface area contributed by atoms with E-state index in [9.17, 15) is 4.79 Å². The zero-order valence-electron chi connectivity index (χ0n) is 5.18. The molecule has 0 N–H and O–H groups in total. The average molecular weight is 289 g/mol. The summed E-state index contributed by atoms with van der Waals surface area (Å²) in [6.07, 6.45) is 0. The standard InChI is InChI=1S/C5Cl6O/c6-1-2(7)5(10,11)3(12)4(1,8)9. The fraction of sp³-hybridized carbons (Fsp3) is 0.400. The first kappa shape index (κ1) is 11.2. The molecule has 1 rings (SSSR count). The number of halogens is 6. The van der Waals surface area contributed by atoms with Crippen LogP contribution in [0.5, 0.6) is 0 Å². The van der Waals surface area contributed by atoms with E-state index in [4.69, 9.17) is 69.6 Å². The molecule has 0 saturated heterocycles. The normalized spacial score (nSPS) is 26.7. The van der Waals surface area contributed by atoms with Gasteiger partial charge in [-0.3, -0.25) is 4.79 Å². The summed E-state index contributed by atoms with van der Waals surface area (Å²) in [5.74, 6) is -0.850. The van der Waals surface area contributed by atoms with Gasteiger partial charge in [0.2, 0.25) is 14.4 Å². The van der Waals surface area contributed by atoms with Crippen molar-refractivity contribution in [2.75, 3.05) is 0 Å². The van der Waals surface area contributed by atoms with Gasteiger partial charge in [0.05, 0.1) is 10.1 Å². The van der Waals surface area contributed by atoms with Gasteiger partial charge in [-0.2, -0.15) is 0 Å². The van der Waals surface area contributed by atoms with Crippen molar-refractivity contribution in [3.8, 4) is 0 Å². The van der Waals surface area contributed by atoms with Crippen molar-refractivity contribution in [3.63, 3.8) is 0 Å². The molecule has 0 radical (unpaired) electrons. The van der Waals surface area contributed by atoms with Crippen molar-refractivity contribution in [3.05, 3.63) is 10.1 Å². The summed E-state index contributed by atoms with van der Waals surface area (Å²) in [6, 6.07) is 0. The molecule has 0 spiro atoms. The van der Waals surface area contributed by atoms with Crippen LogP contribution in [0.3, 0.4) is 0 Å². The SMILES string of the molecule is O=C1C(Cl)(Cl)C(Cl)=C(Cl)C1(Cl)Cl. The average Bonchev–Trinajstić information content (AvgIpc) is 2.06. The Kier molecular flexibility index (Phi) is 2.88. The first-order chi connectivity index (χ1) is 5.22. The van der Waals surface area contributed by atoms with E-state index in [0.717, 1.165) is 0 Å². The van der Waals surface area contributed by atoms with Gasteiger partial charge < -0.3 is 0 Å². The second-order valence-electron chi connectivity index (χ2n) is 2.11. The summed E-state index contributed by atoms with van der Waals surface area (Å²) in [6.45, 7) is 0. The van der Waals surface area contributed by atoms with E-state index in [2.05, 4.69) is 0 Å². The van der Waals surface area contributed by atoms with Gasteiger partial charge in [-0.05, 0) is 0 Å². The Morgan fingerprint density at radius 3 is 1.17 bits per heavy atom. The van der Waals surface area contributed by atoms with Gasteiger partial charge in [0.15, 0.2) is 0 Å². The Bertz CT molecular complexity index is 252. The van der Waals surface area contributed by atoms with Gasteiger partial charge in [-0.15, -0.1) is 0 Å². The molecular weight excluding hydrogens is 289 g/mol. The fourth-order valence-electron chi connectivity index (χ4n) is 0.672. The lowest BCUT2D eigenvalue weighted by molar-refractivity contribution is -0.118. The van der Waals surface area contributed by atoms with Crippen LogP contribution in [0.25, 0.3) is 0 Å². The second-order valence-corrected chi connectivity index (χ2v) is 5.52. The molecule has 1 aliphatic carbocycles. The van der Waals surface area contributed by atoms with E-state index >= 15 is 0 Å². The first-order valence-electron chi connectivity index (χ1n) is 2.59. The van der Waals surface area contributed by atoms with E-state index in [1.807, 2.05) is 0 Å². The molecule has 0 heterocycles. The summed E-state index contributed by atoms with van der Waals surface area (Å²) in [5, 5.41) is -0.495. The predicted octanol–water partition coefficient (Wildman–Crippen LogP) is 3.61. The molecule has 0 aromatic heterocycles.